The second-order valence-electron chi connectivity index (χ2n) is 7.41. The molecule has 1 aliphatic carbocycles. The maximum absolute atomic E-state index is 4.08. The van der Waals surface area contributed by atoms with Crippen LogP contribution in [0.25, 0.3) is 0 Å². The summed E-state index contributed by atoms with van der Waals surface area (Å²) < 4.78 is 0. The van der Waals surface area contributed by atoms with Crippen molar-refractivity contribution in [3.8, 4) is 0 Å². The fourth-order valence-electron chi connectivity index (χ4n) is 2.32. The van der Waals surface area contributed by atoms with Gasteiger partial charge >= 0.3 is 0 Å². The molecule has 0 saturated heterocycles. The predicted molar refractivity (Wildman–Crippen MR) is 115 cm³/mol. The molecule has 0 heterocycles. The van der Waals surface area contributed by atoms with Crippen molar-refractivity contribution in [2.24, 2.45) is 5.92 Å². The minimum atomic E-state index is 0. The van der Waals surface area contributed by atoms with Crippen molar-refractivity contribution in [1.82, 2.24) is 0 Å². The Morgan fingerprint density at radius 1 is 0.833 bits per heavy atom. The first-order chi connectivity index (χ1) is 10.9. The lowest BCUT2D eigenvalue weighted by Crippen LogP contribution is -1.82. The highest BCUT2D eigenvalue weighted by Crippen LogP contribution is 2.37. The highest BCUT2D eigenvalue weighted by Gasteiger charge is 2.23. The van der Waals surface area contributed by atoms with Gasteiger partial charge in [0.05, 0.1) is 0 Å². The van der Waals surface area contributed by atoms with Gasteiger partial charge in [0, 0.05) is 0 Å². The molecular formula is C24H44. The van der Waals surface area contributed by atoms with E-state index in [4.69, 9.17) is 0 Å². The van der Waals surface area contributed by atoms with Gasteiger partial charge in [0.2, 0.25) is 0 Å². The van der Waals surface area contributed by atoms with Gasteiger partial charge in [-0.3, -0.25) is 0 Å². The van der Waals surface area contributed by atoms with E-state index in [1.54, 1.807) is 0 Å². The lowest BCUT2D eigenvalue weighted by atomic mass is 10.1. The first-order valence-electron chi connectivity index (χ1n) is 9.46. The van der Waals surface area contributed by atoms with Crippen molar-refractivity contribution in [3.63, 3.8) is 0 Å². The molecule has 0 aromatic carbocycles. The molecule has 0 amide bonds. The van der Waals surface area contributed by atoms with E-state index in [9.17, 15) is 0 Å². The zero-order valence-corrected chi connectivity index (χ0v) is 16.7. The summed E-state index contributed by atoms with van der Waals surface area (Å²) in [5, 5.41) is 0. The van der Waals surface area contributed by atoms with E-state index in [1.807, 2.05) is 0 Å². The molecular weight excluding hydrogens is 288 g/mol. The van der Waals surface area contributed by atoms with Crippen LogP contribution in [0.5, 0.6) is 0 Å². The van der Waals surface area contributed by atoms with Gasteiger partial charge in [-0.05, 0) is 85.5 Å². The molecule has 1 aliphatic rings. The third-order valence-electron chi connectivity index (χ3n) is 4.05. The fourth-order valence-corrected chi connectivity index (χ4v) is 2.32. The molecule has 0 aromatic rings. The zero-order valence-electron chi connectivity index (χ0n) is 16.7. The average molecular weight is 333 g/mol. The summed E-state index contributed by atoms with van der Waals surface area (Å²) in [5.74, 6) is 0.889. The third-order valence-corrected chi connectivity index (χ3v) is 4.05. The molecule has 1 saturated carbocycles. The molecule has 0 radical (unpaired) electrons. The van der Waals surface area contributed by atoms with Crippen LogP contribution in [0, 0.1) is 5.92 Å². The number of hydrogen-bond donors (Lipinski definition) is 0. The smallest absolute Gasteiger partial charge is 0.0205 e. The highest BCUT2D eigenvalue weighted by molar-refractivity contribution is 5.09. The van der Waals surface area contributed by atoms with E-state index in [0.29, 0.717) is 0 Å². The van der Waals surface area contributed by atoms with E-state index in [1.165, 1.54) is 73.7 Å². The monoisotopic (exact) mass is 332 g/mol. The molecule has 0 atom stereocenters. The first-order valence-corrected chi connectivity index (χ1v) is 9.46. The summed E-state index contributed by atoms with van der Waals surface area (Å²) in [7, 11) is 0. The summed E-state index contributed by atoms with van der Waals surface area (Å²) in [6.07, 6.45) is 17.1. The quantitative estimate of drug-likeness (QED) is 0.370. The van der Waals surface area contributed by atoms with Gasteiger partial charge in [-0.25, -0.2) is 0 Å². The largest absolute Gasteiger partial charge is 0.0996 e. The van der Waals surface area contributed by atoms with Crippen LogP contribution in [0.3, 0.4) is 0 Å². The first kappa shape index (κ1) is 25.2. The van der Waals surface area contributed by atoms with Crippen LogP contribution < -0.4 is 0 Å². The average Bonchev–Trinajstić information content (AvgIpc) is 3.29. The Morgan fingerprint density at radius 2 is 1.33 bits per heavy atom. The van der Waals surface area contributed by atoms with Crippen molar-refractivity contribution < 1.29 is 0 Å². The summed E-state index contributed by atoms with van der Waals surface area (Å²) >= 11 is 0. The summed E-state index contributed by atoms with van der Waals surface area (Å²) in [6.45, 7) is 17.2. The molecule has 1 rings (SSSR count). The van der Waals surface area contributed by atoms with E-state index >= 15 is 0 Å². The topological polar surface area (TPSA) is 0 Å². The highest BCUT2D eigenvalue weighted by atomic mass is 14.3. The van der Waals surface area contributed by atoms with Crippen LogP contribution in [0.4, 0.5) is 0 Å². The molecule has 0 nitrogen and oxygen atoms in total. The van der Waals surface area contributed by atoms with Gasteiger partial charge < -0.3 is 0 Å². The second kappa shape index (κ2) is 15.5. The molecule has 1 fully saturated rings. The van der Waals surface area contributed by atoms with Gasteiger partial charge in [0.25, 0.3) is 0 Å². The van der Waals surface area contributed by atoms with Crippen LogP contribution >= 0.6 is 0 Å². The molecule has 0 heteroatoms. The van der Waals surface area contributed by atoms with Crippen LogP contribution in [0.15, 0.2) is 47.1 Å². The normalized spacial score (nSPS) is 13.2. The Morgan fingerprint density at radius 3 is 1.75 bits per heavy atom. The predicted octanol–water partition coefficient (Wildman–Crippen LogP) is 8.81. The number of allylic oxidation sites excluding steroid dienone is 7. The van der Waals surface area contributed by atoms with E-state index in [-0.39, 0.29) is 7.43 Å². The molecule has 0 spiro atoms. The molecule has 140 valence electrons. The van der Waals surface area contributed by atoms with Gasteiger partial charge in [0.1, 0.15) is 0 Å². The number of hydrogen-bond acceptors (Lipinski definition) is 0. The van der Waals surface area contributed by atoms with Gasteiger partial charge in [-0.15, -0.1) is 0 Å². The summed E-state index contributed by atoms with van der Waals surface area (Å²) in [4.78, 5) is 0. The third kappa shape index (κ3) is 17.3. The van der Waals surface area contributed by atoms with E-state index < -0.39 is 0 Å². The van der Waals surface area contributed by atoms with Gasteiger partial charge in [-0.1, -0.05) is 67.9 Å². The minimum absolute atomic E-state index is 0. The van der Waals surface area contributed by atoms with Gasteiger partial charge in [0.15, 0.2) is 0 Å². The van der Waals surface area contributed by atoms with Crippen molar-refractivity contribution in [3.05, 3.63) is 47.1 Å². The number of unbranched alkanes of at least 4 members (excludes halogenated alkanes) is 1. The van der Waals surface area contributed by atoms with Crippen LogP contribution in [0.1, 0.15) is 100 Å². The Balaban J connectivity index is 0. The SMILES string of the molecule is C.C=C(CCC=C(C)C)C1CC1.CCC/C=C(\C)CCC=C(C)C. The van der Waals surface area contributed by atoms with Crippen molar-refractivity contribution >= 4 is 0 Å². The Labute approximate surface area is 153 Å². The van der Waals surface area contributed by atoms with E-state index in [2.05, 4.69) is 66.3 Å². The number of rotatable bonds is 9. The molecule has 0 N–H and O–H groups in total. The molecule has 0 unspecified atom stereocenters. The zero-order chi connectivity index (χ0) is 17.7. The van der Waals surface area contributed by atoms with Crippen molar-refractivity contribution in [1.29, 1.82) is 0 Å². The maximum Gasteiger partial charge on any atom is -0.0205 e. The molecule has 0 aliphatic heterocycles. The second-order valence-corrected chi connectivity index (χ2v) is 7.41. The maximum atomic E-state index is 4.08. The van der Waals surface area contributed by atoms with Gasteiger partial charge in [-0.2, -0.15) is 0 Å². The van der Waals surface area contributed by atoms with Crippen LogP contribution in [-0.4, -0.2) is 0 Å². The lowest BCUT2D eigenvalue weighted by Gasteiger charge is -1.99. The Bertz CT molecular complexity index is 405. The lowest BCUT2D eigenvalue weighted by molar-refractivity contribution is 0.863. The van der Waals surface area contributed by atoms with Crippen LogP contribution in [0.2, 0.25) is 0 Å². The Kier molecular flexibility index (Phi) is 16.3. The van der Waals surface area contributed by atoms with E-state index in [0.717, 1.165) is 5.92 Å². The van der Waals surface area contributed by atoms with Crippen molar-refractivity contribution in [2.75, 3.05) is 0 Å². The summed E-state index contributed by atoms with van der Waals surface area (Å²) in [5.41, 5.74) is 5.86. The Hall–Kier alpha value is -1.04. The molecule has 0 aromatic heterocycles. The molecule has 0 bridgehead atoms. The standard InChI is InChI=1S/C12H22.C11H18.CH4/c1-5-6-9-12(4)10-7-8-11(2)3;1-9(2)5-4-6-10(3)11-7-8-11;/h8-9H,5-7,10H2,1-4H3;5,11H,3-4,6-8H2,1-2H3;1H4/b12-9+;;. The van der Waals surface area contributed by atoms with Crippen LogP contribution in [-0.2, 0) is 0 Å². The minimum Gasteiger partial charge on any atom is -0.0996 e. The summed E-state index contributed by atoms with van der Waals surface area (Å²) in [6, 6.07) is 0. The van der Waals surface area contributed by atoms with Crippen molar-refractivity contribution in [2.45, 2.75) is 100 Å². The fraction of sp³-hybridized carbons (Fsp3) is 0.667. The molecule has 24 heavy (non-hydrogen) atoms.